The number of nitrogens with zero attached hydrogens (tertiary/aromatic N) is 2. The molecule has 5 heteroatoms. The fraction of sp³-hybridized carbons (Fsp3) is 0.727. The average molecular weight is 246 g/mol. The van der Waals surface area contributed by atoms with Gasteiger partial charge in [0.2, 0.25) is 0 Å². The maximum absolute atomic E-state index is 4.84. The summed E-state index contributed by atoms with van der Waals surface area (Å²) in [4.78, 5) is 2.46. The van der Waals surface area contributed by atoms with E-state index in [1.165, 1.54) is 25.9 Å². The van der Waals surface area contributed by atoms with Crippen molar-refractivity contribution < 1.29 is 4.52 Å². The van der Waals surface area contributed by atoms with Gasteiger partial charge in [0.1, 0.15) is 6.26 Å². The van der Waals surface area contributed by atoms with Crippen LogP contribution in [0.15, 0.2) is 16.9 Å². The average Bonchev–Trinajstić information content (AvgIpc) is 2.71. The van der Waals surface area contributed by atoms with Crippen molar-refractivity contribution in [3.05, 3.63) is 18.0 Å². The Morgan fingerprint density at radius 1 is 1.62 bits per heavy atom. The summed E-state index contributed by atoms with van der Waals surface area (Å²) in [5.41, 5.74) is 1.04. The molecule has 4 nitrogen and oxygen atoms in total. The number of hydrogen-bond donors (Lipinski definition) is 1. The standard InChI is InChI=1S/C11H19N3O.ClH/c1-12-7-10-3-2-5-14(8-10)9-11-4-6-15-13-11;/h4,6,10,12H,2-3,5,7-9H2,1H3;1H. The van der Waals surface area contributed by atoms with Crippen molar-refractivity contribution in [3.8, 4) is 0 Å². The van der Waals surface area contributed by atoms with Gasteiger partial charge in [-0.05, 0) is 38.9 Å². The molecule has 16 heavy (non-hydrogen) atoms. The summed E-state index contributed by atoms with van der Waals surface area (Å²) in [7, 11) is 2.02. The largest absolute Gasteiger partial charge is 0.364 e. The van der Waals surface area contributed by atoms with Crippen LogP contribution in [0.25, 0.3) is 0 Å². The van der Waals surface area contributed by atoms with Crippen molar-refractivity contribution in [1.29, 1.82) is 0 Å². The Labute approximate surface area is 103 Å². The molecule has 0 saturated carbocycles. The van der Waals surface area contributed by atoms with Crippen molar-refractivity contribution >= 4 is 12.4 Å². The van der Waals surface area contributed by atoms with Crippen LogP contribution in [0.4, 0.5) is 0 Å². The minimum absolute atomic E-state index is 0. The van der Waals surface area contributed by atoms with E-state index in [1.807, 2.05) is 13.1 Å². The summed E-state index contributed by atoms with van der Waals surface area (Å²) in [6.07, 6.45) is 4.28. The lowest BCUT2D eigenvalue weighted by molar-refractivity contribution is 0.163. The van der Waals surface area contributed by atoms with Gasteiger partial charge < -0.3 is 9.84 Å². The lowest BCUT2D eigenvalue weighted by Gasteiger charge is -2.31. The first-order chi connectivity index (χ1) is 7.38. The van der Waals surface area contributed by atoms with E-state index in [-0.39, 0.29) is 12.4 Å². The topological polar surface area (TPSA) is 41.3 Å². The zero-order chi connectivity index (χ0) is 10.5. The van der Waals surface area contributed by atoms with Crippen LogP contribution in [0.5, 0.6) is 0 Å². The molecule has 0 aliphatic carbocycles. The number of piperidine rings is 1. The molecule has 1 aliphatic rings. The van der Waals surface area contributed by atoms with Crippen LogP contribution in [0.2, 0.25) is 0 Å². The molecule has 1 aliphatic heterocycles. The fourth-order valence-corrected chi connectivity index (χ4v) is 2.30. The molecule has 2 heterocycles. The zero-order valence-corrected chi connectivity index (χ0v) is 10.5. The molecular weight excluding hydrogens is 226 g/mol. The monoisotopic (exact) mass is 245 g/mol. The predicted octanol–water partition coefficient (Wildman–Crippen LogP) is 1.53. The molecule has 0 radical (unpaired) electrons. The molecule has 0 amide bonds. The van der Waals surface area contributed by atoms with Gasteiger partial charge in [0, 0.05) is 19.2 Å². The Kier molecular flexibility index (Phi) is 5.80. The number of nitrogens with one attached hydrogen (secondary N) is 1. The summed E-state index contributed by atoms with van der Waals surface area (Å²) in [5, 5.41) is 7.21. The van der Waals surface area contributed by atoms with Gasteiger partial charge in [-0.1, -0.05) is 5.16 Å². The van der Waals surface area contributed by atoms with E-state index in [1.54, 1.807) is 6.26 Å². The molecule has 1 aromatic heterocycles. The molecule has 0 spiro atoms. The van der Waals surface area contributed by atoms with E-state index >= 15 is 0 Å². The molecule has 1 saturated heterocycles. The minimum atomic E-state index is 0. The van der Waals surface area contributed by atoms with Crippen LogP contribution in [0.3, 0.4) is 0 Å². The molecule has 0 bridgehead atoms. The zero-order valence-electron chi connectivity index (χ0n) is 9.69. The number of rotatable bonds is 4. The first kappa shape index (κ1) is 13.5. The highest BCUT2D eigenvalue weighted by atomic mass is 35.5. The molecule has 0 aromatic carbocycles. The van der Waals surface area contributed by atoms with Crippen LogP contribution < -0.4 is 5.32 Å². The van der Waals surface area contributed by atoms with E-state index in [4.69, 9.17) is 4.52 Å². The summed E-state index contributed by atoms with van der Waals surface area (Å²) in [5.74, 6) is 0.788. The highest BCUT2D eigenvalue weighted by molar-refractivity contribution is 5.85. The van der Waals surface area contributed by atoms with E-state index in [0.29, 0.717) is 0 Å². The van der Waals surface area contributed by atoms with Gasteiger partial charge in [-0.25, -0.2) is 0 Å². The number of likely N-dealkylation sites (tertiary alicyclic amines) is 1. The third kappa shape index (κ3) is 3.77. The maximum Gasteiger partial charge on any atom is 0.124 e. The van der Waals surface area contributed by atoms with Crippen molar-refractivity contribution in [2.24, 2.45) is 5.92 Å². The van der Waals surface area contributed by atoms with E-state index < -0.39 is 0 Å². The molecule has 92 valence electrons. The number of aromatic nitrogens is 1. The van der Waals surface area contributed by atoms with Crippen molar-refractivity contribution in [2.75, 3.05) is 26.7 Å². The molecular formula is C11H20ClN3O. The molecule has 1 unspecified atom stereocenters. The normalized spacial score (nSPS) is 21.7. The second-order valence-corrected chi connectivity index (χ2v) is 4.29. The molecule has 1 aromatic rings. The Morgan fingerprint density at radius 2 is 2.50 bits per heavy atom. The Morgan fingerprint density at radius 3 is 3.19 bits per heavy atom. The van der Waals surface area contributed by atoms with Gasteiger partial charge in [-0.3, -0.25) is 4.90 Å². The van der Waals surface area contributed by atoms with Crippen LogP contribution in [-0.2, 0) is 6.54 Å². The van der Waals surface area contributed by atoms with Crippen LogP contribution >= 0.6 is 12.4 Å². The second-order valence-electron chi connectivity index (χ2n) is 4.29. The van der Waals surface area contributed by atoms with Crippen molar-refractivity contribution in [1.82, 2.24) is 15.4 Å². The lowest BCUT2D eigenvalue weighted by Crippen LogP contribution is -2.38. The first-order valence-electron chi connectivity index (χ1n) is 5.64. The van der Waals surface area contributed by atoms with Gasteiger partial charge in [-0.15, -0.1) is 12.4 Å². The smallest absolute Gasteiger partial charge is 0.124 e. The van der Waals surface area contributed by atoms with Crippen LogP contribution in [0.1, 0.15) is 18.5 Å². The van der Waals surface area contributed by atoms with Gasteiger partial charge in [0.15, 0.2) is 0 Å². The Balaban J connectivity index is 0.00000128. The van der Waals surface area contributed by atoms with Crippen LogP contribution in [-0.4, -0.2) is 36.7 Å². The van der Waals surface area contributed by atoms with Crippen molar-refractivity contribution in [3.63, 3.8) is 0 Å². The van der Waals surface area contributed by atoms with E-state index in [0.717, 1.165) is 24.7 Å². The Bertz CT molecular complexity index is 277. The second kappa shape index (κ2) is 6.89. The number of hydrogen-bond acceptors (Lipinski definition) is 4. The molecule has 2 rings (SSSR count). The summed E-state index contributed by atoms with van der Waals surface area (Å²) >= 11 is 0. The summed E-state index contributed by atoms with van der Waals surface area (Å²) < 4.78 is 4.84. The lowest BCUT2D eigenvalue weighted by atomic mass is 9.98. The van der Waals surface area contributed by atoms with Gasteiger partial charge >= 0.3 is 0 Å². The van der Waals surface area contributed by atoms with E-state index in [2.05, 4.69) is 15.4 Å². The quantitative estimate of drug-likeness (QED) is 0.874. The van der Waals surface area contributed by atoms with Gasteiger partial charge in [-0.2, -0.15) is 0 Å². The third-order valence-corrected chi connectivity index (χ3v) is 2.97. The minimum Gasteiger partial charge on any atom is -0.364 e. The predicted molar refractivity (Wildman–Crippen MR) is 65.7 cm³/mol. The first-order valence-corrected chi connectivity index (χ1v) is 5.64. The van der Waals surface area contributed by atoms with Crippen LogP contribution in [0, 0.1) is 5.92 Å². The summed E-state index contributed by atoms with van der Waals surface area (Å²) in [6.45, 7) is 4.41. The highest BCUT2D eigenvalue weighted by Gasteiger charge is 2.19. The number of halogens is 1. The highest BCUT2D eigenvalue weighted by Crippen LogP contribution is 2.17. The van der Waals surface area contributed by atoms with Gasteiger partial charge in [0.05, 0.1) is 5.69 Å². The van der Waals surface area contributed by atoms with Gasteiger partial charge in [0.25, 0.3) is 0 Å². The van der Waals surface area contributed by atoms with Crippen molar-refractivity contribution in [2.45, 2.75) is 19.4 Å². The van der Waals surface area contributed by atoms with E-state index in [9.17, 15) is 0 Å². The third-order valence-electron chi connectivity index (χ3n) is 2.97. The maximum atomic E-state index is 4.84. The molecule has 1 atom stereocenters. The summed E-state index contributed by atoms with van der Waals surface area (Å²) in [6, 6.07) is 1.95. The molecule has 1 N–H and O–H groups in total. The fourth-order valence-electron chi connectivity index (χ4n) is 2.30. The SMILES string of the molecule is CNCC1CCCN(Cc2ccon2)C1.Cl. The molecule has 1 fully saturated rings. The Hall–Kier alpha value is -0.580.